The fraction of sp³-hybridized carbons (Fsp3) is 0.222. The largest absolute Gasteiger partial charge is 0.352 e. The second kappa shape index (κ2) is 7.41. The van der Waals surface area contributed by atoms with Crippen LogP contribution in [-0.4, -0.2) is 18.4 Å². The summed E-state index contributed by atoms with van der Waals surface area (Å²) in [4.78, 5) is 23.7. The number of benzene rings is 2. The Kier molecular flexibility index (Phi) is 5.31. The van der Waals surface area contributed by atoms with E-state index >= 15 is 0 Å². The van der Waals surface area contributed by atoms with Crippen LogP contribution in [0.25, 0.3) is 0 Å². The van der Waals surface area contributed by atoms with Gasteiger partial charge in [0.2, 0.25) is 5.91 Å². The van der Waals surface area contributed by atoms with Gasteiger partial charge in [0.05, 0.1) is 0 Å². The predicted octanol–water partition coefficient (Wildman–Crippen LogP) is 3.06. The van der Waals surface area contributed by atoms with E-state index in [2.05, 4.69) is 16.7 Å². The quantitative estimate of drug-likeness (QED) is 0.891. The monoisotopic (exact) mass is 296 g/mol. The van der Waals surface area contributed by atoms with Crippen LogP contribution in [0.15, 0.2) is 48.5 Å². The highest BCUT2D eigenvalue weighted by Crippen LogP contribution is 2.13. The van der Waals surface area contributed by atoms with E-state index < -0.39 is 0 Å². The van der Waals surface area contributed by atoms with Crippen molar-refractivity contribution in [1.82, 2.24) is 5.32 Å². The van der Waals surface area contributed by atoms with Crippen molar-refractivity contribution < 1.29 is 9.59 Å². The molecule has 4 heteroatoms. The third-order valence-corrected chi connectivity index (χ3v) is 3.18. The van der Waals surface area contributed by atoms with Crippen LogP contribution < -0.4 is 10.6 Å². The molecule has 0 aliphatic heterocycles. The first-order chi connectivity index (χ1) is 10.5. The van der Waals surface area contributed by atoms with Crippen LogP contribution in [0.5, 0.6) is 0 Å². The van der Waals surface area contributed by atoms with Crippen molar-refractivity contribution in [1.29, 1.82) is 0 Å². The lowest BCUT2D eigenvalue weighted by Gasteiger charge is -2.08. The summed E-state index contributed by atoms with van der Waals surface area (Å²) >= 11 is 0. The summed E-state index contributed by atoms with van der Waals surface area (Å²) in [7, 11) is 0. The normalized spacial score (nSPS) is 10.1. The number of nitrogens with one attached hydrogen (secondary N) is 2. The molecule has 0 aliphatic carbocycles. The first kappa shape index (κ1) is 15.8. The lowest BCUT2D eigenvalue weighted by atomic mass is 10.1. The van der Waals surface area contributed by atoms with Crippen LogP contribution in [0, 0.1) is 13.8 Å². The van der Waals surface area contributed by atoms with Gasteiger partial charge in [-0.3, -0.25) is 9.59 Å². The van der Waals surface area contributed by atoms with Crippen molar-refractivity contribution in [2.75, 3.05) is 11.9 Å². The fourth-order valence-corrected chi connectivity index (χ4v) is 2.25. The van der Waals surface area contributed by atoms with Gasteiger partial charge in [0.25, 0.3) is 5.91 Å². The van der Waals surface area contributed by atoms with E-state index in [1.807, 2.05) is 44.2 Å². The van der Waals surface area contributed by atoms with Crippen LogP contribution in [0.2, 0.25) is 0 Å². The molecule has 0 aromatic heterocycles. The maximum atomic E-state index is 11.9. The number of hydrogen-bond acceptors (Lipinski definition) is 2. The Morgan fingerprint density at radius 3 is 2.23 bits per heavy atom. The zero-order valence-corrected chi connectivity index (χ0v) is 12.8. The van der Waals surface area contributed by atoms with Gasteiger partial charge in [-0.15, -0.1) is 0 Å². The number of carbonyl (C=O) groups is 2. The second-order valence-corrected chi connectivity index (χ2v) is 5.30. The van der Waals surface area contributed by atoms with Crippen LogP contribution in [0.1, 0.15) is 27.9 Å². The van der Waals surface area contributed by atoms with Gasteiger partial charge in [-0.2, -0.15) is 0 Å². The number of aryl methyl sites for hydroxylation is 2. The van der Waals surface area contributed by atoms with Crippen molar-refractivity contribution in [3.05, 3.63) is 65.2 Å². The molecule has 0 saturated carbocycles. The Labute approximate surface area is 130 Å². The van der Waals surface area contributed by atoms with Crippen molar-refractivity contribution in [3.63, 3.8) is 0 Å². The Morgan fingerprint density at radius 1 is 0.955 bits per heavy atom. The molecule has 0 radical (unpaired) electrons. The van der Waals surface area contributed by atoms with E-state index in [0.29, 0.717) is 12.1 Å². The standard InChI is InChI=1S/C18H20N2O2/c1-13-10-14(2)12-16(11-13)20-17(21)8-9-19-18(22)15-6-4-3-5-7-15/h3-7,10-12H,8-9H2,1-2H3,(H,19,22)(H,20,21). The van der Waals surface area contributed by atoms with E-state index in [9.17, 15) is 9.59 Å². The minimum Gasteiger partial charge on any atom is -0.352 e. The molecular formula is C18H20N2O2. The first-order valence-corrected chi connectivity index (χ1v) is 7.26. The number of carbonyl (C=O) groups excluding carboxylic acids is 2. The minimum atomic E-state index is -0.167. The summed E-state index contributed by atoms with van der Waals surface area (Å²) in [6.45, 7) is 4.29. The topological polar surface area (TPSA) is 58.2 Å². The molecule has 2 rings (SSSR count). The van der Waals surface area contributed by atoms with Crippen molar-refractivity contribution in [2.24, 2.45) is 0 Å². The van der Waals surface area contributed by atoms with E-state index in [1.54, 1.807) is 12.1 Å². The molecule has 0 bridgehead atoms. The van der Waals surface area contributed by atoms with Gasteiger partial charge in [0, 0.05) is 24.2 Å². The molecule has 114 valence electrons. The Hall–Kier alpha value is -2.62. The SMILES string of the molecule is Cc1cc(C)cc(NC(=O)CCNC(=O)c2ccccc2)c1. The van der Waals surface area contributed by atoms with Gasteiger partial charge in [-0.05, 0) is 49.2 Å². The first-order valence-electron chi connectivity index (χ1n) is 7.26. The summed E-state index contributed by atoms with van der Waals surface area (Å²) in [6, 6.07) is 14.9. The third-order valence-electron chi connectivity index (χ3n) is 3.18. The van der Waals surface area contributed by atoms with Gasteiger partial charge < -0.3 is 10.6 Å². The molecule has 2 aromatic rings. The molecule has 0 fully saturated rings. The lowest BCUT2D eigenvalue weighted by molar-refractivity contribution is -0.116. The second-order valence-electron chi connectivity index (χ2n) is 5.30. The van der Waals surface area contributed by atoms with Crippen molar-refractivity contribution >= 4 is 17.5 Å². The number of hydrogen-bond donors (Lipinski definition) is 2. The number of amides is 2. The summed E-state index contributed by atoms with van der Waals surface area (Å²) < 4.78 is 0. The fourth-order valence-electron chi connectivity index (χ4n) is 2.25. The van der Waals surface area contributed by atoms with Crippen LogP contribution in [0.3, 0.4) is 0 Å². The maximum Gasteiger partial charge on any atom is 0.251 e. The average Bonchev–Trinajstić information content (AvgIpc) is 2.47. The van der Waals surface area contributed by atoms with E-state index in [1.165, 1.54) is 0 Å². The highest BCUT2D eigenvalue weighted by molar-refractivity contribution is 5.95. The summed E-state index contributed by atoms with van der Waals surface area (Å²) in [5.74, 6) is -0.279. The van der Waals surface area contributed by atoms with E-state index in [4.69, 9.17) is 0 Å². The van der Waals surface area contributed by atoms with Gasteiger partial charge >= 0.3 is 0 Å². The van der Waals surface area contributed by atoms with Gasteiger partial charge in [0.1, 0.15) is 0 Å². The molecule has 2 aromatic carbocycles. The Morgan fingerprint density at radius 2 is 1.59 bits per heavy atom. The molecule has 0 spiro atoms. The predicted molar refractivity (Wildman–Crippen MR) is 87.9 cm³/mol. The third kappa shape index (κ3) is 4.74. The van der Waals surface area contributed by atoms with Gasteiger partial charge in [-0.1, -0.05) is 24.3 Å². The van der Waals surface area contributed by atoms with Crippen LogP contribution >= 0.6 is 0 Å². The highest BCUT2D eigenvalue weighted by Gasteiger charge is 2.06. The highest BCUT2D eigenvalue weighted by atomic mass is 16.2. The number of anilines is 1. The van der Waals surface area contributed by atoms with Crippen molar-refractivity contribution in [3.8, 4) is 0 Å². The van der Waals surface area contributed by atoms with Crippen molar-refractivity contribution in [2.45, 2.75) is 20.3 Å². The number of rotatable bonds is 5. The zero-order chi connectivity index (χ0) is 15.9. The Bertz CT molecular complexity index is 646. The maximum absolute atomic E-state index is 11.9. The van der Waals surface area contributed by atoms with Crippen LogP contribution in [0.4, 0.5) is 5.69 Å². The smallest absolute Gasteiger partial charge is 0.251 e. The molecule has 0 aliphatic rings. The summed E-state index contributed by atoms with van der Waals surface area (Å²) in [6.07, 6.45) is 0.242. The van der Waals surface area contributed by atoms with E-state index in [0.717, 1.165) is 16.8 Å². The van der Waals surface area contributed by atoms with Crippen LogP contribution in [-0.2, 0) is 4.79 Å². The lowest BCUT2D eigenvalue weighted by Crippen LogP contribution is -2.27. The van der Waals surface area contributed by atoms with Gasteiger partial charge in [-0.25, -0.2) is 0 Å². The molecule has 0 heterocycles. The summed E-state index contributed by atoms with van der Waals surface area (Å²) in [5, 5.41) is 5.59. The molecule has 0 atom stereocenters. The minimum absolute atomic E-state index is 0.113. The molecule has 0 saturated heterocycles. The van der Waals surface area contributed by atoms with E-state index in [-0.39, 0.29) is 18.2 Å². The molecule has 0 unspecified atom stereocenters. The molecular weight excluding hydrogens is 276 g/mol. The summed E-state index contributed by atoms with van der Waals surface area (Å²) in [5.41, 5.74) is 3.59. The average molecular weight is 296 g/mol. The molecule has 22 heavy (non-hydrogen) atoms. The molecule has 2 amide bonds. The molecule has 4 nitrogen and oxygen atoms in total. The van der Waals surface area contributed by atoms with Gasteiger partial charge in [0.15, 0.2) is 0 Å². The zero-order valence-electron chi connectivity index (χ0n) is 12.8. The Balaban J connectivity index is 1.79. The molecule has 2 N–H and O–H groups in total.